The molecule has 0 bridgehead atoms. The van der Waals surface area contributed by atoms with E-state index in [0.717, 1.165) is 49.0 Å². The Balaban J connectivity index is 0.00000729. The Morgan fingerprint density at radius 2 is 1.82 bits per heavy atom. The first-order chi connectivity index (χ1) is 13.2. The molecule has 28 heavy (non-hydrogen) atoms. The molecule has 0 aliphatic rings. The summed E-state index contributed by atoms with van der Waals surface area (Å²) in [5.41, 5.74) is 1.07. The van der Waals surface area contributed by atoms with Gasteiger partial charge in [-0.25, -0.2) is 4.99 Å². The second kappa shape index (κ2) is 17.8. The lowest BCUT2D eigenvalue weighted by molar-refractivity contribution is 0.0698. The Bertz CT molecular complexity index is 544. The lowest BCUT2D eigenvalue weighted by Crippen LogP contribution is -2.38. The van der Waals surface area contributed by atoms with Crippen molar-refractivity contribution >= 4 is 29.9 Å². The van der Waals surface area contributed by atoms with Crippen molar-refractivity contribution in [2.24, 2.45) is 4.99 Å². The molecule has 162 valence electrons. The number of nitrogens with zero attached hydrogens (tertiary/aromatic N) is 1. The molecule has 7 nitrogen and oxygen atoms in total. The van der Waals surface area contributed by atoms with Gasteiger partial charge in [0.2, 0.25) is 0 Å². The zero-order chi connectivity index (χ0) is 19.7. The van der Waals surface area contributed by atoms with Gasteiger partial charge in [0.15, 0.2) is 17.5 Å². The van der Waals surface area contributed by atoms with E-state index in [4.69, 9.17) is 18.9 Å². The molecule has 0 unspecified atom stereocenters. The van der Waals surface area contributed by atoms with Gasteiger partial charge in [0.25, 0.3) is 0 Å². The average molecular weight is 509 g/mol. The van der Waals surface area contributed by atoms with E-state index in [9.17, 15) is 0 Å². The molecule has 0 saturated heterocycles. The maximum Gasteiger partial charge on any atom is 0.191 e. The highest BCUT2D eigenvalue weighted by atomic mass is 127. The summed E-state index contributed by atoms with van der Waals surface area (Å²) in [7, 11) is 3.33. The second-order valence-electron chi connectivity index (χ2n) is 5.91. The minimum Gasteiger partial charge on any atom is -0.493 e. The molecule has 1 rings (SSSR count). The summed E-state index contributed by atoms with van der Waals surface area (Å²) in [6.45, 7) is 8.93. The van der Waals surface area contributed by atoms with Crippen LogP contribution in [0.5, 0.6) is 11.5 Å². The Labute approximate surface area is 186 Å². The summed E-state index contributed by atoms with van der Waals surface area (Å²) in [6, 6.07) is 5.93. The first-order valence-corrected chi connectivity index (χ1v) is 9.63. The van der Waals surface area contributed by atoms with Crippen molar-refractivity contribution in [1.82, 2.24) is 10.6 Å². The minimum atomic E-state index is 0. The van der Waals surface area contributed by atoms with Crippen molar-refractivity contribution < 1.29 is 18.9 Å². The molecule has 8 heteroatoms. The summed E-state index contributed by atoms with van der Waals surface area (Å²) in [5.74, 6) is 2.30. The number of methoxy groups -OCH3 is 2. The topological polar surface area (TPSA) is 73.3 Å². The van der Waals surface area contributed by atoms with E-state index in [1.54, 1.807) is 14.2 Å². The number of benzene rings is 1. The van der Waals surface area contributed by atoms with E-state index in [2.05, 4.69) is 22.5 Å². The summed E-state index contributed by atoms with van der Waals surface area (Å²) < 4.78 is 21.5. The van der Waals surface area contributed by atoms with Gasteiger partial charge in [-0.05, 0) is 37.5 Å². The maximum absolute atomic E-state index is 5.69. The minimum absolute atomic E-state index is 0. The number of rotatable bonds is 14. The van der Waals surface area contributed by atoms with Gasteiger partial charge in [0, 0.05) is 26.8 Å². The van der Waals surface area contributed by atoms with Crippen molar-refractivity contribution in [2.45, 2.75) is 33.2 Å². The fourth-order valence-corrected chi connectivity index (χ4v) is 2.28. The lowest BCUT2D eigenvalue weighted by Gasteiger charge is -2.13. The van der Waals surface area contributed by atoms with Gasteiger partial charge in [-0.3, -0.25) is 0 Å². The Morgan fingerprint density at radius 1 is 1.00 bits per heavy atom. The van der Waals surface area contributed by atoms with Crippen molar-refractivity contribution in [2.75, 3.05) is 53.7 Å². The molecule has 0 aliphatic heterocycles. The van der Waals surface area contributed by atoms with Crippen LogP contribution in [0.25, 0.3) is 0 Å². The van der Waals surface area contributed by atoms with Crippen molar-refractivity contribution in [1.29, 1.82) is 0 Å². The summed E-state index contributed by atoms with van der Waals surface area (Å²) in [4.78, 5) is 4.64. The molecule has 0 atom stereocenters. The van der Waals surface area contributed by atoms with Crippen LogP contribution in [-0.2, 0) is 16.0 Å². The van der Waals surface area contributed by atoms with E-state index in [1.807, 2.05) is 25.1 Å². The monoisotopic (exact) mass is 509 g/mol. The van der Waals surface area contributed by atoms with Gasteiger partial charge in [0.1, 0.15) is 0 Å². The predicted octanol–water partition coefficient (Wildman–Crippen LogP) is 3.21. The number of guanidine groups is 1. The molecule has 0 saturated carbocycles. The SMILES string of the molecule is CCCOc1ccc(CN=C(NCC)NCCCOCCOC)cc1OC.I. The number of hydrogen-bond acceptors (Lipinski definition) is 5. The highest BCUT2D eigenvalue weighted by molar-refractivity contribution is 14.0. The van der Waals surface area contributed by atoms with Crippen molar-refractivity contribution in [3.63, 3.8) is 0 Å². The van der Waals surface area contributed by atoms with Gasteiger partial charge >= 0.3 is 0 Å². The van der Waals surface area contributed by atoms with Crippen LogP contribution in [0.4, 0.5) is 0 Å². The van der Waals surface area contributed by atoms with Gasteiger partial charge in [-0.1, -0.05) is 13.0 Å². The Hall–Kier alpha value is -1.26. The summed E-state index contributed by atoms with van der Waals surface area (Å²) in [6.07, 6.45) is 1.87. The third-order valence-corrected chi connectivity index (χ3v) is 3.64. The molecule has 0 aromatic heterocycles. The van der Waals surface area contributed by atoms with Crippen LogP contribution in [0.1, 0.15) is 32.3 Å². The van der Waals surface area contributed by atoms with Gasteiger partial charge < -0.3 is 29.6 Å². The zero-order valence-electron chi connectivity index (χ0n) is 17.6. The predicted molar refractivity (Wildman–Crippen MR) is 124 cm³/mol. The molecular formula is C20H36IN3O4. The van der Waals surface area contributed by atoms with Gasteiger partial charge in [0.05, 0.1) is 33.5 Å². The molecular weight excluding hydrogens is 473 g/mol. The lowest BCUT2D eigenvalue weighted by atomic mass is 10.2. The third kappa shape index (κ3) is 11.6. The van der Waals surface area contributed by atoms with Crippen LogP contribution in [-0.4, -0.2) is 59.7 Å². The van der Waals surface area contributed by atoms with Gasteiger partial charge in [-0.2, -0.15) is 0 Å². The summed E-state index contributed by atoms with van der Waals surface area (Å²) >= 11 is 0. The second-order valence-corrected chi connectivity index (χ2v) is 5.91. The Morgan fingerprint density at radius 3 is 2.50 bits per heavy atom. The van der Waals surface area contributed by atoms with E-state index < -0.39 is 0 Å². The molecule has 0 heterocycles. The van der Waals surface area contributed by atoms with Crippen molar-refractivity contribution in [3.8, 4) is 11.5 Å². The highest BCUT2D eigenvalue weighted by Gasteiger charge is 2.06. The van der Waals surface area contributed by atoms with Crippen LogP contribution in [0.2, 0.25) is 0 Å². The molecule has 0 aliphatic carbocycles. The highest BCUT2D eigenvalue weighted by Crippen LogP contribution is 2.28. The number of ether oxygens (including phenoxy) is 4. The number of halogens is 1. The van der Waals surface area contributed by atoms with E-state index >= 15 is 0 Å². The third-order valence-electron chi connectivity index (χ3n) is 3.64. The maximum atomic E-state index is 5.69. The number of hydrogen-bond donors (Lipinski definition) is 2. The quantitative estimate of drug-likeness (QED) is 0.174. The molecule has 2 N–H and O–H groups in total. The van der Waals surface area contributed by atoms with Crippen LogP contribution in [0.15, 0.2) is 23.2 Å². The number of nitrogens with one attached hydrogen (secondary N) is 2. The van der Waals surface area contributed by atoms with E-state index in [0.29, 0.717) is 33.0 Å². The fourth-order valence-electron chi connectivity index (χ4n) is 2.28. The first-order valence-electron chi connectivity index (χ1n) is 9.63. The molecule has 0 radical (unpaired) electrons. The van der Waals surface area contributed by atoms with E-state index in [-0.39, 0.29) is 24.0 Å². The molecule has 1 aromatic carbocycles. The Kier molecular flexibility index (Phi) is 17.0. The number of aliphatic imine (C=N–C) groups is 1. The van der Waals surface area contributed by atoms with Crippen LogP contribution < -0.4 is 20.1 Å². The summed E-state index contributed by atoms with van der Waals surface area (Å²) in [5, 5.41) is 6.58. The van der Waals surface area contributed by atoms with Crippen LogP contribution in [0, 0.1) is 0 Å². The van der Waals surface area contributed by atoms with Crippen LogP contribution in [0.3, 0.4) is 0 Å². The van der Waals surface area contributed by atoms with Crippen LogP contribution >= 0.6 is 24.0 Å². The van der Waals surface area contributed by atoms with Crippen molar-refractivity contribution in [3.05, 3.63) is 23.8 Å². The first kappa shape index (κ1) is 26.7. The fraction of sp³-hybridized carbons (Fsp3) is 0.650. The molecule has 0 amide bonds. The normalized spacial score (nSPS) is 10.9. The smallest absolute Gasteiger partial charge is 0.191 e. The zero-order valence-corrected chi connectivity index (χ0v) is 19.9. The van der Waals surface area contributed by atoms with E-state index in [1.165, 1.54) is 0 Å². The van der Waals surface area contributed by atoms with Gasteiger partial charge in [-0.15, -0.1) is 24.0 Å². The molecule has 0 fully saturated rings. The molecule has 0 spiro atoms. The average Bonchev–Trinajstić information content (AvgIpc) is 2.69. The molecule has 1 aromatic rings. The largest absolute Gasteiger partial charge is 0.493 e. The standard InChI is InChI=1S/C20H35N3O4.HI/c1-5-11-27-18-9-8-17(15-19(18)25-4)16-23-20(21-6-2)22-10-7-12-26-14-13-24-3;/h8-9,15H,5-7,10-14,16H2,1-4H3,(H2,21,22,23);1H.